The van der Waals surface area contributed by atoms with E-state index in [1.807, 2.05) is 36.4 Å². The van der Waals surface area contributed by atoms with Crippen LogP contribution in [0.25, 0.3) is 11.3 Å². The van der Waals surface area contributed by atoms with Gasteiger partial charge in [-0.3, -0.25) is 9.97 Å². The third-order valence-corrected chi connectivity index (χ3v) is 3.37. The Hall–Kier alpha value is -3.61. The topological polar surface area (TPSA) is 98.1 Å². The molecule has 0 amide bonds. The van der Waals surface area contributed by atoms with Gasteiger partial charge in [-0.15, -0.1) is 10.2 Å². The van der Waals surface area contributed by atoms with E-state index in [1.165, 1.54) is 0 Å². The third-order valence-electron chi connectivity index (χ3n) is 3.37. The zero-order valence-electron chi connectivity index (χ0n) is 13.6. The van der Waals surface area contributed by atoms with E-state index in [9.17, 15) is 0 Å². The van der Waals surface area contributed by atoms with Crippen molar-refractivity contribution in [2.24, 2.45) is 21.2 Å². The van der Waals surface area contributed by atoms with Crippen molar-refractivity contribution in [1.29, 1.82) is 0 Å². The molecular formula is C18H16N6O. The molecule has 0 fully saturated rings. The highest BCUT2D eigenvalue weighted by atomic mass is 16.5. The number of nitrogens with zero attached hydrogens (tertiary/aromatic N) is 5. The number of benzene rings is 1. The van der Waals surface area contributed by atoms with Crippen LogP contribution in [0.3, 0.4) is 0 Å². The molecule has 0 bridgehead atoms. The second kappa shape index (κ2) is 7.78. The van der Waals surface area contributed by atoms with E-state index in [0.717, 1.165) is 11.3 Å². The molecule has 3 aromatic rings. The van der Waals surface area contributed by atoms with Crippen molar-refractivity contribution >= 4 is 11.5 Å². The number of aromatic nitrogens is 2. The SMILES string of the molecule is COc1cc(N=N/N=C(\N)c2ccccn2)ccc1-c1ccccn1. The monoisotopic (exact) mass is 332 g/mol. The smallest absolute Gasteiger partial charge is 0.173 e. The Morgan fingerprint density at radius 3 is 2.48 bits per heavy atom. The minimum atomic E-state index is 0.196. The molecule has 7 nitrogen and oxygen atoms in total. The van der Waals surface area contributed by atoms with Gasteiger partial charge in [-0.05, 0) is 41.6 Å². The van der Waals surface area contributed by atoms with Crippen LogP contribution in [0.5, 0.6) is 5.75 Å². The van der Waals surface area contributed by atoms with E-state index >= 15 is 0 Å². The summed E-state index contributed by atoms with van der Waals surface area (Å²) < 4.78 is 5.42. The summed E-state index contributed by atoms with van der Waals surface area (Å²) in [7, 11) is 1.60. The van der Waals surface area contributed by atoms with Gasteiger partial charge in [0.25, 0.3) is 0 Å². The van der Waals surface area contributed by atoms with Crippen molar-refractivity contribution < 1.29 is 4.74 Å². The molecule has 3 rings (SSSR count). The number of rotatable bonds is 5. The summed E-state index contributed by atoms with van der Waals surface area (Å²) in [6.45, 7) is 0. The Morgan fingerprint density at radius 1 is 1.00 bits per heavy atom. The first-order chi connectivity index (χ1) is 12.3. The van der Waals surface area contributed by atoms with Crippen molar-refractivity contribution in [2.45, 2.75) is 0 Å². The average molecular weight is 332 g/mol. The van der Waals surface area contributed by atoms with Crippen molar-refractivity contribution in [2.75, 3.05) is 7.11 Å². The Bertz CT molecular complexity index is 894. The molecule has 1 aromatic carbocycles. The van der Waals surface area contributed by atoms with Crippen molar-refractivity contribution in [3.05, 3.63) is 72.7 Å². The van der Waals surface area contributed by atoms with Crippen molar-refractivity contribution in [1.82, 2.24) is 9.97 Å². The summed E-state index contributed by atoms with van der Waals surface area (Å²) in [6.07, 6.45) is 3.37. The van der Waals surface area contributed by atoms with E-state index in [0.29, 0.717) is 17.1 Å². The average Bonchev–Trinajstić information content (AvgIpc) is 2.69. The maximum absolute atomic E-state index is 5.82. The highest BCUT2D eigenvalue weighted by Gasteiger charge is 2.07. The molecular weight excluding hydrogens is 316 g/mol. The lowest BCUT2D eigenvalue weighted by Gasteiger charge is -2.08. The first-order valence-electron chi connectivity index (χ1n) is 7.53. The molecule has 0 spiro atoms. The quantitative estimate of drug-likeness (QED) is 0.334. The van der Waals surface area contributed by atoms with Crippen LogP contribution in [0.2, 0.25) is 0 Å². The molecule has 0 saturated heterocycles. The zero-order chi connectivity index (χ0) is 17.5. The molecule has 0 aliphatic carbocycles. The number of pyridine rings is 2. The summed E-state index contributed by atoms with van der Waals surface area (Å²) in [5.41, 5.74) is 8.65. The maximum Gasteiger partial charge on any atom is 0.173 e. The van der Waals surface area contributed by atoms with Gasteiger partial charge in [0.1, 0.15) is 11.4 Å². The lowest BCUT2D eigenvalue weighted by atomic mass is 10.1. The van der Waals surface area contributed by atoms with Gasteiger partial charge in [-0.1, -0.05) is 12.1 Å². The summed E-state index contributed by atoms with van der Waals surface area (Å²) in [4.78, 5) is 8.42. The van der Waals surface area contributed by atoms with Gasteiger partial charge in [0.2, 0.25) is 0 Å². The summed E-state index contributed by atoms with van der Waals surface area (Å²) in [5, 5.41) is 11.7. The highest BCUT2D eigenvalue weighted by Crippen LogP contribution is 2.32. The van der Waals surface area contributed by atoms with Gasteiger partial charge >= 0.3 is 0 Å². The minimum absolute atomic E-state index is 0.196. The third kappa shape index (κ3) is 4.03. The largest absolute Gasteiger partial charge is 0.496 e. The number of hydrogen-bond donors (Lipinski definition) is 1. The van der Waals surface area contributed by atoms with Crippen molar-refractivity contribution in [3.63, 3.8) is 0 Å². The van der Waals surface area contributed by atoms with Gasteiger partial charge in [0.15, 0.2) is 5.84 Å². The van der Waals surface area contributed by atoms with Gasteiger partial charge in [-0.2, -0.15) is 0 Å². The minimum Gasteiger partial charge on any atom is -0.496 e. The lowest BCUT2D eigenvalue weighted by Crippen LogP contribution is -2.13. The van der Waals surface area contributed by atoms with Crippen LogP contribution in [0.1, 0.15) is 5.69 Å². The molecule has 0 aliphatic rings. The highest BCUT2D eigenvalue weighted by molar-refractivity contribution is 5.95. The molecule has 2 heterocycles. The van der Waals surface area contributed by atoms with Crippen molar-refractivity contribution in [3.8, 4) is 17.0 Å². The summed E-state index contributed by atoms with van der Waals surface area (Å²) in [5.74, 6) is 0.846. The Kier molecular flexibility index (Phi) is 5.06. The van der Waals surface area contributed by atoms with Crippen LogP contribution in [-0.2, 0) is 0 Å². The lowest BCUT2D eigenvalue weighted by molar-refractivity contribution is 0.416. The van der Waals surface area contributed by atoms with E-state index < -0.39 is 0 Å². The first-order valence-corrected chi connectivity index (χ1v) is 7.53. The molecule has 0 saturated carbocycles. The molecule has 2 N–H and O–H groups in total. The fourth-order valence-electron chi connectivity index (χ4n) is 2.16. The Morgan fingerprint density at radius 2 is 1.80 bits per heavy atom. The number of hydrogen-bond acceptors (Lipinski definition) is 5. The molecule has 0 atom stereocenters. The molecule has 25 heavy (non-hydrogen) atoms. The zero-order valence-corrected chi connectivity index (χ0v) is 13.6. The number of amidine groups is 1. The van der Waals surface area contributed by atoms with Crippen LogP contribution in [-0.4, -0.2) is 22.9 Å². The first kappa shape index (κ1) is 16.3. The van der Waals surface area contributed by atoms with Crippen LogP contribution in [0.15, 0.2) is 82.4 Å². The van der Waals surface area contributed by atoms with E-state index in [2.05, 4.69) is 25.4 Å². The predicted molar refractivity (Wildman–Crippen MR) is 95.7 cm³/mol. The summed E-state index contributed by atoms with van der Waals surface area (Å²) >= 11 is 0. The van der Waals surface area contributed by atoms with Crippen LogP contribution in [0.4, 0.5) is 5.69 Å². The predicted octanol–water partition coefficient (Wildman–Crippen LogP) is 3.56. The van der Waals surface area contributed by atoms with E-state index in [-0.39, 0.29) is 5.84 Å². The van der Waals surface area contributed by atoms with Crippen LogP contribution >= 0.6 is 0 Å². The fraction of sp³-hybridized carbons (Fsp3) is 0.0556. The van der Waals surface area contributed by atoms with Gasteiger partial charge in [-0.25, -0.2) is 0 Å². The van der Waals surface area contributed by atoms with Crippen LogP contribution in [0, 0.1) is 0 Å². The number of nitrogens with two attached hydrogens (primary N) is 1. The second-order valence-electron chi connectivity index (χ2n) is 4.99. The summed E-state index contributed by atoms with van der Waals surface area (Å²) in [6, 6.07) is 16.5. The Labute approximate surface area is 144 Å². The molecule has 0 aliphatic heterocycles. The second-order valence-corrected chi connectivity index (χ2v) is 4.99. The standard InChI is InChI=1S/C18H16N6O/c1-25-17-12-13(8-9-14(17)15-6-2-4-10-20-15)22-24-23-18(19)16-7-3-5-11-21-16/h2-12H,1H3,(H2,19,22,23). The molecule has 0 unspecified atom stereocenters. The molecule has 124 valence electrons. The van der Waals surface area contributed by atoms with Gasteiger partial charge in [0.05, 0.1) is 18.5 Å². The molecule has 2 aromatic heterocycles. The fourth-order valence-corrected chi connectivity index (χ4v) is 2.16. The van der Waals surface area contributed by atoms with Gasteiger partial charge < -0.3 is 10.5 Å². The maximum atomic E-state index is 5.82. The molecule has 7 heteroatoms. The van der Waals surface area contributed by atoms with Gasteiger partial charge in [0, 0.05) is 24.0 Å². The van der Waals surface area contributed by atoms with E-state index in [4.69, 9.17) is 10.5 Å². The van der Waals surface area contributed by atoms with E-state index in [1.54, 1.807) is 37.7 Å². The number of ether oxygens (including phenoxy) is 1. The normalized spacial score (nSPS) is 11.6. The number of methoxy groups -OCH3 is 1. The van der Waals surface area contributed by atoms with Crippen LogP contribution < -0.4 is 10.5 Å². The Balaban J connectivity index is 1.82. The molecule has 0 radical (unpaired) electrons.